The Hall–Kier alpha value is -1.96. The van der Waals surface area contributed by atoms with E-state index in [-0.39, 0.29) is 33.7 Å². The predicted molar refractivity (Wildman–Crippen MR) is 140 cm³/mol. The minimum Gasteiger partial charge on any atom is -0.185 e. The van der Waals surface area contributed by atoms with E-state index in [1.807, 2.05) is 0 Å². The molecule has 2 nitrogen and oxygen atoms in total. The number of hydrogen-bond donors (Lipinski definition) is 0. The predicted octanol–water partition coefficient (Wildman–Crippen LogP) is 9.61. The fourth-order valence-electron chi connectivity index (χ4n) is 3.94. The summed E-state index contributed by atoms with van der Waals surface area (Å²) in [6.07, 6.45) is 0. The Balaban J connectivity index is 2.43. The highest BCUT2D eigenvalue weighted by Crippen LogP contribution is 2.41. The molecule has 2 atom stereocenters. The van der Waals surface area contributed by atoms with E-state index in [1.165, 1.54) is 22.3 Å². The Labute approximate surface area is 198 Å². The molecule has 176 valence electrons. The number of rotatable bonds is 4. The zero-order chi connectivity index (χ0) is 24.5. The van der Waals surface area contributed by atoms with E-state index in [4.69, 9.17) is 10.2 Å². The SMILES string of the molecule is CC(C)(C)c1ccc(C(N=NC(c2ccc(C(C)(C)C)cc2)C(C)(C)C)C(C)(C)C)cc1. The lowest BCUT2D eigenvalue weighted by atomic mass is 9.80. The van der Waals surface area contributed by atoms with Crippen molar-refractivity contribution in [3.8, 4) is 0 Å². The summed E-state index contributed by atoms with van der Waals surface area (Å²) in [5.41, 5.74) is 5.39. The Bertz CT molecular complexity index is 813. The van der Waals surface area contributed by atoms with Crippen LogP contribution >= 0.6 is 0 Å². The zero-order valence-corrected chi connectivity index (χ0v) is 22.7. The minimum atomic E-state index is -0.0225. The highest BCUT2D eigenvalue weighted by molar-refractivity contribution is 5.31. The van der Waals surface area contributed by atoms with E-state index in [0.29, 0.717) is 0 Å². The number of azo groups is 1. The second-order valence-electron chi connectivity index (χ2n) is 13.5. The summed E-state index contributed by atoms with van der Waals surface area (Å²) in [5, 5.41) is 9.99. The van der Waals surface area contributed by atoms with Crippen molar-refractivity contribution in [3.05, 3.63) is 70.8 Å². The van der Waals surface area contributed by atoms with Crippen LogP contribution in [0.3, 0.4) is 0 Å². The molecule has 0 aliphatic rings. The Morgan fingerprint density at radius 2 is 0.688 bits per heavy atom. The first-order valence-electron chi connectivity index (χ1n) is 12.0. The van der Waals surface area contributed by atoms with Crippen molar-refractivity contribution in [2.24, 2.45) is 21.1 Å². The van der Waals surface area contributed by atoms with Gasteiger partial charge in [-0.25, -0.2) is 0 Å². The molecule has 0 aromatic heterocycles. The van der Waals surface area contributed by atoms with Gasteiger partial charge in [-0.1, -0.05) is 132 Å². The fourth-order valence-corrected chi connectivity index (χ4v) is 3.94. The molecular weight excluding hydrogens is 388 g/mol. The maximum Gasteiger partial charge on any atom is 0.101 e. The first kappa shape index (κ1) is 26.3. The smallest absolute Gasteiger partial charge is 0.101 e. The zero-order valence-electron chi connectivity index (χ0n) is 22.7. The molecule has 0 saturated heterocycles. The van der Waals surface area contributed by atoms with Crippen LogP contribution in [-0.2, 0) is 10.8 Å². The van der Waals surface area contributed by atoms with Gasteiger partial charge < -0.3 is 0 Å². The minimum absolute atomic E-state index is 0.00946. The van der Waals surface area contributed by atoms with Gasteiger partial charge in [0.1, 0.15) is 12.1 Å². The van der Waals surface area contributed by atoms with Crippen molar-refractivity contribution in [2.75, 3.05) is 0 Å². The van der Waals surface area contributed by atoms with Gasteiger partial charge in [0.05, 0.1) is 0 Å². The van der Waals surface area contributed by atoms with E-state index in [9.17, 15) is 0 Å². The van der Waals surface area contributed by atoms with Crippen molar-refractivity contribution in [2.45, 2.75) is 106 Å². The Kier molecular flexibility index (Phi) is 7.49. The van der Waals surface area contributed by atoms with E-state index in [2.05, 4.69) is 132 Å². The third kappa shape index (κ3) is 6.77. The second kappa shape index (κ2) is 9.12. The molecule has 2 aromatic carbocycles. The molecular formula is C30H46N2. The van der Waals surface area contributed by atoms with Crippen molar-refractivity contribution in [1.82, 2.24) is 0 Å². The molecule has 0 bridgehead atoms. The summed E-state index contributed by atoms with van der Waals surface area (Å²) >= 11 is 0. The van der Waals surface area contributed by atoms with Gasteiger partial charge in [-0.2, -0.15) is 10.2 Å². The van der Waals surface area contributed by atoms with E-state index >= 15 is 0 Å². The van der Waals surface area contributed by atoms with Gasteiger partial charge in [-0.05, 0) is 43.9 Å². The molecule has 2 rings (SSSR count). The molecule has 0 heterocycles. The summed E-state index contributed by atoms with van der Waals surface area (Å²) in [6, 6.07) is 17.9. The lowest BCUT2D eigenvalue weighted by molar-refractivity contribution is 0.281. The largest absolute Gasteiger partial charge is 0.185 e. The van der Waals surface area contributed by atoms with Crippen LogP contribution in [0.15, 0.2) is 58.8 Å². The first-order valence-corrected chi connectivity index (χ1v) is 12.0. The molecule has 2 aromatic rings. The maximum absolute atomic E-state index is 5.00. The van der Waals surface area contributed by atoms with E-state index < -0.39 is 0 Å². The monoisotopic (exact) mass is 434 g/mol. The fraction of sp³-hybridized carbons (Fsp3) is 0.600. The topological polar surface area (TPSA) is 24.7 Å². The molecule has 0 amide bonds. The summed E-state index contributed by atoms with van der Waals surface area (Å²) in [7, 11) is 0. The molecule has 2 heteroatoms. The van der Waals surface area contributed by atoms with E-state index in [1.54, 1.807) is 0 Å². The summed E-state index contributed by atoms with van der Waals surface area (Å²) in [6.45, 7) is 27.0. The van der Waals surface area contributed by atoms with Crippen LogP contribution in [0.4, 0.5) is 0 Å². The van der Waals surface area contributed by atoms with Gasteiger partial charge in [0.25, 0.3) is 0 Å². The Morgan fingerprint density at radius 3 is 0.875 bits per heavy atom. The van der Waals surface area contributed by atoms with Gasteiger partial charge >= 0.3 is 0 Å². The molecule has 0 aliphatic carbocycles. The van der Waals surface area contributed by atoms with Crippen LogP contribution < -0.4 is 0 Å². The third-order valence-electron chi connectivity index (χ3n) is 6.12. The number of benzene rings is 2. The van der Waals surface area contributed by atoms with Crippen LogP contribution in [0.5, 0.6) is 0 Å². The van der Waals surface area contributed by atoms with Crippen LogP contribution in [0, 0.1) is 10.8 Å². The van der Waals surface area contributed by atoms with Crippen LogP contribution in [-0.4, -0.2) is 0 Å². The Morgan fingerprint density at radius 1 is 0.438 bits per heavy atom. The molecule has 0 spiro atoms. The number of nitrogens with zero attached hydrogens (tertiary/aromatic N) is 2. The van der Waals surface area contributed by atoms with Crippen LogP contribution in [0.2, 0.25) is 0 Å². The van der Waals surface area contributed by atoms with Crippen LogP contribution in [0.1, 0.15) is 117 Å². The molecule has 32 heavy (non-hydrogen) atoms. The average Bonchev–Trinajstić information content (AvgIpc) is 2.62. The average molecular weight is 435 g/mol. The molecule has 0 fully saturated rings. The molecule has 0 saturated carbocycles. The third-order valence-corrected chi connectivity index (χ3v) is 6.12. The van der Waals surface area contributed by atoms with Crippen molar-refractivity contribution >= 4 is 0 Å². The van der Waals surface area contributed by atoms with Gasteiger partial charge in [0.15, 0.2) is 0 Å². The van der Waals surface area contributed by atoms with Gasteiger partial charge in [0.2, 0.25) is 0 Å². The van der Waals surface area contributed by atoms with Gasteiger partial charge in [-0.15, -0.1) is 0 Å². The maximum atomic E-state index is 5.00. The molecule has 0 aliphatic heterocycles. The molecule has 0 N–H and O–H groups in total. The molecule has 2 unspecified atom stereocenters. The second-order valence-corrected chi connectivity index (χ2v) is 13.5. The summed E-state index contributed by atoms with van der Waals surface area (Å²) in [4.78, 5) is 0. The standard InChI is InChI=1S/C30H46N2/c1-27(2,3)23-17-13-21(14-18-23)25(29(7,8)9)31-32-26(30(10,11)12)22-15-19-24(20-16-22)28(4,5)6/h13-20,25-26H,1-12H3. The normalized spacial score (nSPS) is 15.8. The summed E-state index contributed by atoms with van der Waals surface area (Å²) < 4.78 is 0. The first-order chi connectivity index (χ1) is 14.4. The van der Waals surface area contributed by atoms with Crippen molar-refractivity contribution < 1.29 is 0 Å². The van der Waals surface area contributed by atoms with Crippen LogP contribution in [0.25, 0.3) is 0 Å². The highest BCUT2D eigenvalue weighted by atomic mass is 15.2. The summed E-state index contributed by atoms with van der Waals surface area (Å²) in [5.74, 6) is 0. The van der Waals surface area contributed by atoms with Crippen molar-refractivity contribution in [3.63, 3.8) is 0 Å². The molecule has 0 radical (unpaired) electrons. The quantitative estimate of drug-likeness (QED) is 0.428. The lowest BCUT2D eigenvalue weighted by Gasteiger charge is -2.31. The van der Waals surface area contributed by atoms with Gasteiger partial charge in [0, 0.05) is 0 Å². The lowest BCUT2D eigenvalue weighted by Crippen LogP contribution is -2.20. The highest BCUT2D eigenvalue weighted by Gasteiger charge is 2.30. The van der Waals surface area contributed by atoms with E-state index in [0.717, 1.165) is 0 Å². The number of hydrogen-bond acceptors (Lipinski definition) is 2. The van der Waals surface area contributed by atoms with Gasteiger partial charge in [-0.3, -0.25) is 0 Å². The van der Waals surface area contributed by atoms with Crippen molar-refractivity contribution in [1.29, 1.82) is 0 Å².